The Morgan fingerprint density at radius 2 is 2.50 bits per heavy atom. The van der Waals surface area contributed by atoms with Crippen LogP contribution in [0.4, 0.5) is 0 Å². The second-order valence-electron chi connectivity index (χ2n) is 2.38. The van der Waals surface area contributed by atoms with Gasteiger partial charge in [0.05, 0.1) is 17.4 Å². The highest BCUT2D eigenvalue weighted by Gasteiger charge is 2.06. The number of esters is 1. The predicted molar refractivity (Wildman–Crippen MR) is 56.6 cm³/mol. The minimum atomic E-state index is -0.251. The van der Waals surface area contributed by atoms with Crippen LogP contribution in [0, 0.1) is 0 Å². The molecular weight excluding hydrogens is 222 g/mol. The van der Waals surface area contributed by atoms with Crippen LogP contribution >= 0.6 is 23.4 Å². The number of hydrogen-bond acceptors (Lipinski definition) is 4. The number of pyridine rings is 1. The quantitative estimate of drug-likeness (QED) is 0.589. The molecule has 0 atom stereocenters. The molecule has 0 unspecified atom stereocenters. The highest BCUT2D eigenvalue weighted by Crippen LogP contribution is 2.23. The van der Waals surface area contributed by atoms with Crippen molar-refractivity contribution in [3.05, 3.63) is 23.4 Å². The second-order valence-corrected chi connectivity index (χ2v) is 3.76. The van der Waals surface area contributed by atoms with Crippen LogP contribution in [0.5, 0.6) is 0 Å². The highest BCUT2D eigenvalue weighted by atomic mass is 35.5. The van der Waals surface area contributed by atoms with Gasteiger partial charge in [-0.1, -0.05) is 23.4 Å². The van der Waals surface area contributed by atoms with E-state index in [1.54, 1.807) is 25.3 Å². The average molecular weight is 232 g/mol. The lowest BCUT2D eigenvalue weighted by Gasteiger charge is -2.02. The first-order chi connectivity index (χ1) is 6.74. The van der Waals surface area contributed by atoms with Crippen LogP contribution in [-0.2, 0) is 9.53 Å². The smallest absolute Gasteiger partial charge is 0.316 e. The number of rotatable bonds is 4. The van der Waals surface area contributed by atoms with Crippen LogP contribution in [0.2, 0.25) is 5.02 Å². The summed E-state index contributed by atoms with van der Waals surface area (Å²) in [6.07, 6.45) is 1.64. The number of halogens is 1. The molecule has 0 saturated heterocycles. The summed E-state index contributed by atoms with van der Waals surface area (Å²) in [5.74, 6) is -0.0101. The third kappa shape index (κ3) is 3.55. The van der Waals surface area contributed by atoms with E-state index in [-0.39, 0.29) is 11.7 Å². The van der Waals surface area contributed by atoms with Gasteiger partial charge in [0.25, 0.3) is 0 Å². The Bertz CT molecular complexity index is 319. The van der Waals surface area contributed by atoms with Crippen molar-refractivity contribution in [1.82, 2.24) is 4.98 Å². The van der Waals surface area contributed by atoms with E-state index in [4.69, 9.17) is 16.3 Å². The number of carbonyl (C=O) groups excluding carboxylic acids is 1. The zero-order valence-electron chi connectivity index (χ0n) is 7.70. The molecule has 0 aliphatic heterocycles. The molecule has 3 nitrogen and oxygen atoms in total. The van der Waals surface area contributed by atoms with Crippen LogP contribution in [0.3, 0.4) is 0 Å². The summed E-state index contributed by atoms with van der Waals surface area (Å²) < 4.78 is 4.77. The van der Waals surface area contributed by atoms with Crippen molar-refractivity contribution >= 4 is 29.3 Å². The summed E-state index contributed by atoms with van der Waals surface area (Å²) in [4.78, 5) is 15.0. The molecule has 0 bridgehead atoms. The summed E-state index contributed by atoms with van der Waals surface area (Å²) in [7, 11) is 0. The average Bonchev–Trinajstić information content (AvgIpc) is 2.17. The zero-order valence-corrected chi connectivity index (χ0v) is 9.27. The maximum atomic E-state index is 11.0. The van der Waals surface area contributed by atoms with E-state index in [1.165, 1.54) is 11.8 Å². The monoisotopic (exact) mass is 231 g/mol. The third-order valence-electron chi connectivity index (χ3n) is 1.36. The Hall–Kier alpha value is -0.740. The maximum absolute atomic E-state index is 11.0. The number of ether oxygens (including phenoxy) is 1. The molecule has 1 aromatic rings. The molecule has 0 saturated carbocycles. The number of hydrogen-bond donors (Lipinski definition) is 0. The van der Waals surface area contributed by atoms with Crippen molar-refractivity contribution in [3.8, 4) is 0 Å². The number of thioether (sulfide) groups is 1. The van der Waals surface area contributed by atoms with Gasteiger partial charge in [0.2, 0.25) is 0 Å². The summed E-state index contributed by atoms with van der Waals surface area (Å²) in [6, 6.07) is 3.48. The molecule has 0 radical (unpaired) electrons. The fourth-order valence-corrected chi connectivity index (χ4v) is 1.77. The van der Waals surface area contributed by atoms with Crippen molar-refractivity contribution in [2.75, 3.05) is 12.4 Å². The Morgan fingerprint density at radius 3 is 3.14 bits per heavy atom. The van der Waals surface area contributed by atoms with Crippen molar-refractivity contribution < 1.29 is 9.53 Å². The van der Waals surface area contributed by atoms with E-state index in [0.29, 0.717) is 16.7 Å². The minimum Gasteiger partial charge on any atom is -0.465 e. The van der Waals surface area contributed by atoms with E-state index in [1.807, 2.05) is 0 Å². The summed E-state index contributed by atoms with van der Waals surface area (Å²) >= 11 is 7.13. The molecular formula is C9H10ClNO2S. The van der Waals surface area contributed by atoms with Gasteiger partial charge in [-0.25, -0.2) is 4.98 Å². The molecule has 0 fully saturated rings. The van der Waals surface area contributed by atoms with Crippen LogP contribution < -0.4 is 0 Å². The lowest BCUT2D eigenvalue weighted by Crippen LogP contribution is -2.06. The fraction of sp³-hybridized carbons (Fsp3) is 0.333. The number of carbonyl (C=O) groups is 1. The topological polar surface area (TPSA) is 39.2 Å². The van der Waals surface area contributed by atoms with Crippen molar-refractivity contribution in [2.24, 2.45) is 0 Å². The first-order valence-electron chi connectivity index (χ1n) is 4.13. The SMILES string of the molecule is CCOC(=O)CSc1ncccc1Cl. The van der Waals surface area contributed by atoms with Crippen LogP contribution in [0.25, 0.3) is 0 Å². The molecule has 76 valence electrons. The van der Waals surface area contributed by atoms with Crippen molar-refractivity contribution in [1.29, 1.82) is 0 Å². The summed E-state index contributed by atoms with van der Waals surface area (Å²) in [6.45, 7) is 2.17. The van der Waals surface area contributed by atoms with Gasteiger partial charge in [-0.3, -0.25) is 4.79 Å². The molecule has 1 rings (SSSR count). The van der Waals surface area contributed by atoms with Gasteiger partial charge in [-0.2, -0.15) is 0 Å². The molecule has 1 heterocycles. The standard InChI is InChI=1S/C9H10ClNO2S/c1-2-13-8(12)6-14-9-7(10)4-3-5-11-9/h3-5H,2,6H2,1H3. The van der Waals surface area contributed by atoms with E-state index in [2.05, 4.69) is 4.98 Å². The molecule has 5 heteroatoms. The molecule has 0 aromatic carbocycles. The normalized spacial score (nSPS) is 9.86. The van der Waals surface area contributed by atoms with Crippen LogP contribution in [-0.4, -0.2) is 23.3 Å². The zero-order chi connectivity index (χ0) is 10.4. The first-order valence-corrected chi connectivity index (χ1v) is 5.49. The predicted octanol–water partition coefficient (Wildman–Crippen LogP) is 2.39. The van der Waals surface area contributed by atoms with Gasteiger partial charge in [0.15, 0.2) is 0 Å². The lowest BCUT2D eigenvalue weighted by molar-refractivity contribution is -0.139. The van der Waals surface area contributed by atoms with Gasteiger partial charge >= 0.3 is 5.97 Å². The van der Waals surface area contributed by atoms with Crippen molar-refractivity contribution in [2.45, 2.75) is 11.9 Å². The van der Waals surface area contributed by atoms with E-state index < -0.39 is 0 Å². The molecule has 0 aliphatic rings. The van der Waals surface area contributed by atoms with Gasteiger partial charge in [-0.15, -0.1) is 0 Å². The van der Waals surface area contributed by atoms with Gasteiger partial charge < -0.3 is 4.74 Å². The number of nitrogens with zero attached hydrogens (tertiary/aromatic N) is 1. The Morgan fingerprint density at radius 1 is 1.71 bits per heavy atom. The molecule has 14 heavy (non-hydrogen) atoms. The first kappa shape index (κ1) is 11.3. The fourth-order valence-electron chi connectivity index (χ4n) is 0.807. The third-order valence-corrected chi connectivity index (χ3v) is 2.75. The summed E-state index contributed by atoms with van der Waals surface area (Å²) in [5, 5.41) is 1.21. The largest absolute Gasteiger partial charge is 0.465 e. The lowest BCUT2D eigenvalue weighted by atomic mass is 10.5. The molecule has 0 aliphatic carbocycles. The second kappa shape index (κ2) is 5.88. The number of aromatic nitrogens is 1. The minimum absolute atomic E-state index is 0.241. The van der Waals surface area contributed by atoms with E-state index in [0.717, 1.165) is 0 Å². The van der Waals surface area contributed by atoms with Crippen LogP contribution in [0.15, 0.2) is 23.4 Å². The van der Waals surface area contributed by atoms with Crippen LogP contribution in [0.1, 0.15) is 6.92 Å². The Kier molecular flexibility index (Phi) is 4.76. The Balaban J connectivity index is 2.46. The van der Waals surface area contributed by atoms with Gasteiger partial charge in [0.1, 0.15) is 5.03 Å². The van der Waals surface area contributed by atoms with Gasteiger partial charge in [0, 0.05) is 6.20 Å². The van der Waals surface area contributed by atoms with E-state index in [9.17, 15) is 4.79 Å². The molecule has 0 N–H and O–H groups in total. The molecule has 0 spiro atoms. The molecule has 0 amide bonds. The van der Waals surface area contributed by atoms with Gasteiger partial charge in [-0.05, 0) is 19.1 Å². The molecule has 1 aromatic heterocycles. The summed E-state index contributed by atoms with van der Waals surface area (Å²) in [5.41, 5.74) is 0. The highest BCUT2D eigenvalue weighted by molar-refractivity contribution is 8.00. The van der Waals surface area contributed by atoms with E-state index >= 15 is 0 Å². The van der Waals surface area contributed by atoms with Crippen molar-refractivity contribution in [3.63, 3.8) is 0 Å². The Labute approximate surface area is 91.8 Å². The maximum Gasteiger partial charge on any atom is 0.316 e.